The van der Waals surface area contributed by atoms with Crippen molar-refractivity contribution >= 4 is 24.1 Å². The van der Waals surface area contributed by atoms with Crippen molar-refractivity contribution in [3.8, 4) is 0 Å². The third kappa shape index (κ3) is 8.00. The van der Waals surface area contributed by atoms with E-state index < -0.39 is 18.1 Å². The third-order valence-electron chi connectivity index (χ3n) is 7.65. The molecule has 214 valence electrons. The summed E-state index contributed by atoms with van der Waals surface area (Å²) in [6.45, 7) is 6.61. The minimum absolute atomic E-state index is 0.0534. The van der Waals surface area contributed by atoms with E-state index in [1.807, 2.05) is 20.8 Å². The number of H-pyrrole nitrogens is 1. The van der Waals surface area contributed by atoms with E-state index in [0.717, 1.165) is 25.0 Å². The molecule has 2 rings (SSSR count). The molecule has 1 aromatic heterocycles. The summed E-state index contributed by atoms with van der Waals surface area (Å²) in [7, 11) is 4.78. The fourth-order valence-corrected chi connectivity index (χ4v) is 5.31. The fourth-order valence-electron chi connectivity index (χ4n) is 5.31. The molecular formula is C26H44N6O6. The third-order valence-corrected chi connectivity index (χ3v) is 7.65. The van der Waals surface area contributed by atoms with E-state index in [2.05, 4.69) is 20.8 Å². The smallest absolute Gasteiger partial charge is 0.242 e. The molecule has 1 aliphatic rings. The Morgan fingerprint density at radius 1 is 1.29 bits per heavy atom. The molecule has 38 heavy (non-hydrogen) atoms. The van der Waals surface area contributed by atoms with Crippen LogP contribution >= 0.6 is 0 Å². The number of aromatic amines is 1. The number of amides is 4. The summed E-state index contributed by atoms with van der Waals surface area (Å²) in [6.07, 6.45) is 3.48. The average molecular weight is 537 g/mol. The summed E-state index contributed by atoms with van der Waals surface area (Å²) in [6, 6.07) is 1.18. The normalized spacial score (nSPS) is 19.2. The zero-order valence-electron chi connectivity index (χ0n) is 23.4. The van der Waals surface area contributed by atoms with Crippen LogP contribution < -0.4 is 10.6 Å². The molecule has 1 fully saturated rings. The van der Waals surface area contributed by atoms with E-state index in [1.54, 1.807) is 43.3 Å². The van der Waals surface area contributed by atoms with Gasteiger partial charge >= 0.3 is 0 Å². The molecule has 12 heteroatoms. The standard InChI is InChI=1S/C26H44N6O6/c1-7-17(2)24(31(4)23(35)15-27-16-33)21(37-5)13-22(34)32-12-8-9-20(32)25(38-6)18(3)26(36)28-14-19-10-11-29-30-19/h10-11,16-18,20-21,24-25H,7-9,12-15H2,1-6H3,(H,27,33)(H,28,36)(H,29,30). The minimum atomic E-state index is -0.542. The summed E-state index contributed by atoms with van der Waals surface area (Å²) in [5.41, 5.74) is 0.795. The first kappa shape index (κ1) is 31.2. The molecule has 0 saturated carbocycles. The highest BCUT2D eigenvalue weighted by molar-refractivity contribution is 5.81. The van der Waals surface area contributed by atoms with Crippen molar-refractivity contribution < 1.29 is 28.7 Å². The monoisotopic (exact) mass is 536 g/mol. The molecule has 12 nitrogen and oxygen atoms in total. The molecule has 4 amide bonds. The Hall–Kier alpha value is -2.99. The largest absolute Gasteiger partial charge is 0.379 e. The molecular weight excluding hydrogens is 492 g/mol. The van der Waals surface area contributed by atoms with Crippen LogP contribution in [0, 0.1) is 11.8 Å². The predicted octanol–water partition coefficient (Wildman–Crippen LogP) is 0.692. The molecule has 1 aliphatic heterocycles. The van der Waals surface area contributed by atoms with Gasteiger partial charge in [-0.25, -0.2) is 0 Å². The second kappa shape index (κ2) is 15.4. The lowest BCUT2D eigenvalue weighted by Gasteiger charge is -2.39. The number of hydrogen-bond donors (Lipinski definition) is 3. The average Bonchev–Trinajstić information content (AvgIpc) is 3.62. The molecule has 0 aromatic carbocycles. The van der Waals surface area contributed by atoms with Crippen molar-refractivity contribution in [2.45, 2.75) is 77.3 Å². The van der Waals surface area contributed by atoms with Crippen molar-refractivity contribution in [1.29, 1.82) is 0 Å². The number of carbonyl (C=O) groups is 4. The lowest BCUT2D eigenvalue weighted by Crippen LogP contribution is -2.54. The lowest BCUT2D eigenvalue weighted by atomic mass is 9.90. The van der Waals surface area contributed by atoms with Gasteiger partial charge in [0.1, 0.15) is 0 Å². The zero-order chi connectivity index (χ0) is 28.2. The van der Waals surface area contributed by atoms with Gasteiger partial charge in [-0.3, -0.25) is 24.3 Å². The number of nitrogens with one attached hydrogen (secondary N) is 3. The van der Waals surface area contributed by atoms with Gasteiger partial charge < -0.3 is 29.9 Å². The van der Waals surface area contributed by atoms with Crippen LogP contribution in [0.1, 0.15) is 52.1 Å². The van der Waals surface area contributed by atoms with E-state index >= 15 is 0 Å². The van der Waals surface area contributed by atoms with Gasteiger partial charge in [0.2, 0.25) is 24.1 Å². The number of ether oxygens (including phenoxy) is 2. The van der Waals surface area contributed by atoms with Crippen LogP contribution in [0.3, 0.4) is 0 Å². The number of rotatable bonds is 16. The first-order valence-corrected chi connectivity index (χ1v) is 13.2. The van der Waals surface area contributed by atoms with Gasteiger partial charge in [-0.05, 0) is 24.8 Å². The van der Waals surface area contributed by atoms with E-state index in [0.29, 0.717) is 19.5 Å². The van der Waals surface area contributed by atoms with Crippen LogP contribution in [0.15, 0.2) is 12.3 Å². The van der Waals surface area contributed by atoms with Crippen LogP contribution in [-0.2, 0) is 35.2 Å². The molecule has 0 spiro atoms. The van der Waals surface area contributed by atoms with E-state index in [9.17, 15) is 19.2 Å². The van der Waals surface area contributed by atoms with Gasteiger partial charge in [-0.15, -0.1) is 0 Å². The SMILES string of the molecule is CCC(C)C(C(CC(=O)N1CCCC1C(OC)C(C)C(=O)NCc1ccn[nH]1)OC)N(C)C(=O)CNC=O. The maximum Gasteiger partial charge on any atom is 0.242 e. The number of methoxy groups -OCH3 is 2. The van der Waals surface area contributed by atoms with Crippen molar-refractivity contribution in [2.24, 2.45) is 11.8 Å². The van der Waals surface area contributed by atoms with Gasteiger partial charge in [0.25, 0.3) is 0 Å². The zero-order valence-corrected chi connectivity index (χ0v) is 23.4. The lowest BCUT2D eigenvalue weighted by molar-refractivity contribution is -0.145. The Bertz CT molecular complexity index is 897. The van der Waals surface area contributed by atoms with Gasteiger partial charge in [0, 0.05) is 34.0 Å². The Kier molecular flexibility index (Phi) is 12.7. The van der Waals surface area contributed by atoms with Gasteiger partial charge in [-0.2, -0.15) is 5.10 Å². The highest BCUT2D eigenvalue weighted by Gasteiger charge is 2.41. The van der Waals surface area contributed by atoms with Crippen LogP contribution in [0.25, 0.3) is 0 Å². The number of nitrogens with zero attached hydrogens (tertiary/aromatic N) is 3. The van der Waals surface area contributed by atoms with Crippen molar-refractivity contribution in [2.75, 3.05) is 34.4 Å². The topological polar surface area (TPSA) is 146 Å². The van der Waals surface area contributed by atoms with Crippen molar-refractivity contribution in [3.05, 3.63) is 18.0 Å². The second-order valence-corrected chi connectivity index (χ2v) is 9.94. The van der Waals surface area contributed by atoms with Gasteiger partial charge in [0.15, 0.2) is 0 Å². The maximum absolute atomic E-state index is 13.6. The van der Waals surface area contributed by atoms with Crippen molar-refractivity contribution in [3.63, 3.8) is 0 Å². The summed E-state index contributed by atoms with van der Waals surface area (Å²) in [5.74, 6) is -0.961. The summed E-state index contributed by atoms with van der Waals surface area (Å²) >= 11 is 0. The summed E-state index contributed by atoms with van der Waals surface area (Å²) in [5, 5.41) is 12.0. The van der Waals surface area contributed by atoms with Crippen LogP contribution in [0.4, 0.5) is 0 Å². The molecule has 1 aromatic rings. The number of likely N-dealkylation sites (tertiary alicyclic amines) is 1. The van der Waals surface area contributed by atoms with Crippen LogP contribution in [-0.4, -0.2) is 103 Å². The highest BCUT2D eigenvalue weighted by atomic mass is 16.5. The van der Waals surface area contributed by atoms with E-state index in [1.165, 1.54) is 0 Å². The first-order valence-electron chi connectivity index (χ1n) is 13.2. The maximum atomic E-state index is 13.6. The Morgan fingerprint density at radius 3 is 2.61 bits per heavy atom. The summed E-state index contributed by atoms with van der Waals surface area (Å²) < 4.78 is 11.6. The second-order valence-electron chi connectivity index (χ2n) is 9.94. The number of aromatic nitrogens is 2. The quantitative estimate of drug-likeness (QED) is 0.264. The fraction of sp³-hybridized carbons (Fsp3) is 0.731. The molecule has 0 bridgehead atoms. The molecule has 1 saturated heterocycles. The molecule has 0 radical (unpaired) electrons. The Balaban J connectivity index is 2.12. The molecule has 3 N–H and O–H groups in total. The van der Waals surface area contributed by atoms with E-state index in [-0.39, 0.29) is 48.7 Å². The molecule has 6 atom stereocenters. The Morgan fingerprint density at radius 2 is 2.03 bits per heavy atom. The molecule has 6 unspecified atom stereocenters. The minimum Gasteiger partial charge on any atom is -0.379 e. The Labute approximate surface area is 225 Å². The molecule has 0 aliphatic carbocycles. The predicted molar refractivity (Wildman–Crippen MR) is 141 cm³/mol. The first-order chi connectivity index (χ1) is 18.2. The van der Waals surface area contributed by atoms with Crippen molar-refractivity contribution in [1.82, 2.24) is 30.6 Å². The van der Waals surface area contributed by atoms with Gasteiger partial charge in [-0.1, -0.05) is 27.2 Å². The highest BCUT2D eigenvalue weighted by Crippen LogP contribution is 2.29. The number of likely N-dealkylation sites (N-methyl/N-ethyl adjacent to an activating group) is 1. The number of carbonyl (C=O) groups excluding carboxylic acids is 4. The van der Waals surface area contributed by atoms with Gasteiger partial charge in [0.05, 0.1) is 55.4 Å². The van der Waals surface area contributed by atoms with Crippen LogP contribution in [0.2, 0.25) is 0 Å². The molecule has 2 heterocycles. The van der Waals surface area contributed by atoms with E-state index in [4.69, 9.17) is 9.47 Å². The summed E-state index contributed by atoms with van der Waals surface area (Å²) in [4.78, 5) is 53.2. The van der Waals surface area contributed by atoms with Crippen LogP contribution in [0.5, 0.6) is 0 Å². The number of hydrogen-bond acceptors (Lipinski definition) is 7.